The zero-order valence-electron chi connectivity index (χ0n) is 18.6. The van der Waals surface area contributed by atoms with Gasteiger partial charge in [0.1, 0.15) is 5.75 Å². The highest BCUT2D eigenvalue weighted by Crippen LogP contribution is 2.27. The highest BCUT2D eigenvalue weighted by Gasteiger charge is 2.35. The van der Waals surface area contributed by atoms with E-state index in [0.717, 1.165) is 16.8 Å². The van der Waals surface area contributed by atoms with Crippen molar-refractivity contribution in [3.05, 3.63) is 53.6 Å². The van der Waals surface area contributed by atoms with Crippen molar-refractivity contribution in [2.75, 3.05) is 29.9 Å². The Hall–Kier alpha value is -3.39. The number of carbonyl (C=O) groups is 3. The minimum Gasteiger partial charge on any atom is -0.484 e. The lowest BCUT2D eigenvalue weighted by Gasteiger charge is -2.17. The number of amides is 3. The summed E-state index contributed by atoms with van der Waals surface area (Å²) in [5.74, 6) is -0.586. The first kappa shape index (κ1) is 23.3. The first-order chi connectivity index (χ1) is 15.2. The van der Waals surface area contributed by atoms with Crippen LogP contribution < -0.4 is 20.3 Å². The largest absolute Gasteiger partial charge is 0.484 e. The number of anilines is 2. The van der Waals surface area contributed by atoms with E-state index in [9.17, 15) is 19.5 Å². The van der Waals surface area contributed by atoms with Gasteiger partial charge in [-0.25, -0.2) is 0 Å². The zero-order chi connectivity index (χ0) is 23.3. The lowest BCUT2D eigenvalue weighted by atomic mass is 10.1. The van der Waals surface area contributed by atoms with E-state index < -0.39 is 12.0 Å². The average molecular weight is 440 g/mol. The minimum absolute atomic E-state index is 0.127. The maximum Gasteiger partial charge on any atom is 0.262 e. The van der Waals surface area contributed by atoms with Crippen molar-refractivity contribution in [3.63, 3.8) is 0 Å². The standard InChI is InChI=1S/C24H29N3O5/c1-15-4-5-16(2)21(10-15)26-22(29)14-32-20-8-6-19(7-9-20)27-13-18(11-23(27)30)24(31)25-12-17(3)28/h4-10,17-18,28H,11-14H2,1-3H3,(H,25,31)(H,26,29)/t17-,18+/m0/s1. The molecule has 0 saturated carbocycles. The van der Waals surface area contributed by atoms with Gasteiger partial charge in [0.25, 0.3) is 5.91 Å². The Morgan fingerprint density at radius 3 is 2.59 bits per heavy atom. The summed E-state index contributed by atoms with van der Waals surface area (Å²) in [6, 6.07) is 12.7. The Balaban J connectivity index is 1.52. The first-order valence-electron chi connectivity index (χ1n) is 10.6. The summed E-state index contributed by atoms with van der Waals surface area (Å²) in [6.45, 7) is 5.78. The van der Waals surface area contributed by atoms with Gasteiger partial charge in [-0.1, -0.05) is 12.1 Å². The van der Waals surface area contributed by atoms with E-state index in [0.29, 0.717) is 11.4 Å². The number of rotatable bonds is 8. The van der Waals surface area contributed by atoms with Gasteiger partial charge in [0.05, 0.1) is 12.0 Å². The van der Waals surface area contributed by atoms with Crippen LogP contribution in [0.1, 0.15) is 24.5 Å². The number of hydrogen-bond donors (Lipinski definition) is 3. The molecule has 32 heavy (non-hydrogen) atoms. The molecule has 0 aromatic heterocycles. The van der Waals surface area contributed by atoms with Crippen LogP contribution in [0.2, 0.25) is 0 Å². The Morgan fingerprint density at radius 1 is 1.19 bits per heavy atom. The van der Waals surface area contributed by atoms with Gasteiger partial charge in [0.2, 0.25) is 11.8 Å². The molecule has 2 atom stereocenters. The molecule has 3 amide bonds. The minimum atomic E-state index is -0.636. The van der Waals surface area contributed by atoms with Crippen LogP contribution in [0.4, 0.5) is 11.4 Å². The summed E-state index contributed by atoms with van der Waals surface area (Å²) in [6.07, 6.45) is -0.509. The molecule has 1 heterocycles. The molecular weight excluding hydrogens is 410 g/mol. The van der Waals surface area contributed by atoms with E-state index in [1.165, 1.54) is 0 Å². The van der Waals surface area contributed by atoms with E-state index in [1.807, 2.05) is 32.0 Å². The quantitative estimate of drug-likeness (QED) is 0.584. The molecule has 3 rings (SSSR count). The fraction of sp³-hybridized carbons (Fsp3) is 0.375. The maximum atomic E-state index is 12.4. The summed E-state index contributed by atoms with van der Waals surface area (Å²) < 4.78 is 5.57. The number of nitrogens with one attached hydrogen (secondary N) is 2. The second-order valence-corrected chi connectivity index (χ2v) is 8.15. The fourth-order valence-electron chi connectivity index (χ4n) is 3.45. The molecule has 1 aliphatic rings. The molecule has 2 aromatic carbocycles. The topological polar surface area (TPSA) is 108 Å². The summed E-state index contributed by atoms with van der Waals surface area (Å²) in [4.78, 5) is 38.3. The highest BCUT2D eigenvalue weighted by molar-refractivity contribution is 6.00. The van der Waals surface area contributed by atoms with Crippen molar-refractivity contribution in [2.24, 2.45) is 5.92 Å². The van der Waals surface area contributed by atoms with E-state index >= 15 is 0 Å². The number of aliphatic hydroxyl groups excluding tert-OH is 1. The van der Waals surface area contributed by atoms with E-state index in [1.54, 1.807) is 36.1 Å². The highest BCUT2D eigenvalue weighted by atomic mass is 16.5. The monoisotopic (exact) mass is 439 g/mol. The molecule has 0 bridgehead atoms. The Kier molecular flexibility index (Phi) is 7.48. The van der Waals surface area contributed by atoms with Gasteiger partial charge in [-0.15, -0.1) is 0 Å². The molecule has 2 aromatic rings. The number of benzene rings is 2. The Bertz CT molecular complexity index is 988. The van der Waals surface area contributed by atoms with Gasteiger partial charge in [-0.2, -0.15) is 0 Å². The van der Waals surface area contributed by atoms with Gasteiger partial charge in [-0.05, 0) is 62.2 Å². The van der Waals surface area contributed by atoms with Crippen LogP contribution in [0, 0.1) is 19.8 Å². The predicted octanol–water partition coefficient (Wildman–Crippen LogP) is 2.17. The third-order valence-electron chi connectivity index (χ3n) is 5.25. The van der Waals surface area contributed by atoms with Crippen molar-refractivity contribution in [2.45, 2.75) is 33.3 Å². The molecule has 0 spiro atoms. The van der Waals surface area contributed by atoms with Crippen molar-refractivity contribution >= 4 is 29.1 Å². The smallest absolute Gasteiger partial charge is 0.262 e. The van der Waals surface area contributed by atoms with E-state index in [-0.39, 0.29) is 43.8 Å². The molecule has 3 N–H and O–H groups in total. The molecule has 1 fully saturated rings. The molecule has 8 heteroatoms. The van der Waals surface area contributed by atoms with Crippen LogP contribution in [-0.4, -0.2) is 48.6 Å². The van der Waals surface area contributed by atoms with Crippen LogP contribution in [0.3, 0.4) is 0 Å². The Labute approximate surface area is 187 Å². The fourth-order valence-corrected chi connectivity index (χ4v) is 3.45. The lowest BCUT2D eigenvalue weighted by molar-refractivity contribution is -0.126. The third kappa shape index (κ3) is 6.07. The van der Waals surface area contributed by atoms with Crippen LogP contribution in [0.5, 0.6) is 5.75 Å². The first-order valence-corrected chi connectivity index (χ1v) is 10.6. The van der Waals surface area contributed by atoms with Gasteiger partial charge < -0.3 is 25.4 Å². The summed E-state index contributed by atoms with van der Waals surface area (Å²) in [5, 5.41) is 14.8. The molecule has 0 unspecified atom stereocenters. The number of aliphatic hydroxyl groups is 1. The number of nitrogens with zero attached hydrogens (tertiary/aromatic N) is 1. The maximum absolute atomic E-state index is 12.4. The SMILES string of the molecule is Cc1ccc(C)c(NC(=O)COc2ccc(N3C[C@H](C(=O)NC[C@H](C)O)CC3=O)cc2)c1. The molecular formula is C24H29N3O5. The van der Waals surface area contributed by atoms with Gasteiger partial charge in [0.15, 0.2) is 6.61 Å². The second kappa shape index (κ2) is 10.3. The summed E-state index contributed by atoms with van der Waals surface area (Å²) in [7, 11) is 0. The normalized spacial score (nSPS) is 16.6. The van der Waals surface area contributed by atoms with Gasteiger partial charge in [-0.3, -0.25) is 14.4 Å². The number of carbonyl (C=O) groups excluding carboxylic acids is 3. The molecule has 170 valence electrons. The molecule has 1 saturated heterocycles. The van der Waals surface area contributed by atoms with E-state index in [2.05, 4.69) is 10.6 Å². The van der Waals surface area contributed by atoms with Crippen LogP contribution in [0.15, 0.2) is 42.5 Å². The van der Waals surface area contributed by atoms with Gasteiger partial charge in [0, 0.05) is 30.9 Å². The van der Waals surface area contributed by atoms with Gasteiger partial charge >= 0.3 is 0 Å². The molecule has 1 aliphatic heterocycles. The third-order valence-corrected chi connectivity index (χ3v) is 5.25. The average Bonchev–Trinajstić information content (AvgIpc) is 3.15. The van der Waals surface area contributed by atoms with Crippen molar-refractivity contribution in [3.8, 4) is 5.75 Å². The van der Waals surface area contributed by atoms with E-state index in [4.69, 9.17) is 4.74 Å². The summed E-state index contributed by atoms with van der Waals surface area (Å²) in [5.41, 5.74) is 3.45. The lowest BCUT2D eigenvalue weighted by Crippen LogP contribution is -2.36. The molecule has 0 aliphatic carbocycles. The van der Waals surface area contributed by atoms with Crippen LogP contribution >= 0.6 is 0 Å². The second-order valence-electron chi connectivity index (χ2n) is 8.15. The predicted molar refractivity (Wildman–Crippen MR) is 122 cm³/mol. The zero-order valence-corrected chi connectivity index (χ0v) is 18.6. The number of hydrogen-bond acceptors (Lipinski definition) is 5. The van der Waals surface area contributed by atoms with Crippen LogP contribution in [0.25, 0.3) is 0 Å². The van der Waals surface area contributed by atoms with Crippen LogP contribution in [-0.2, 0) is 14.4 Å². The number of ether oxygens (including phenoxy) is 1. The Morgan fingerprint density at radius 2 is 1.91 bits per heavy atom. The molecule has 0 radical (unpaired) electrons. The molecule has 8 nitrogen and oxygen atoms in total. The van der Waals surface area contributed by atoms with Crippen molar-refractivity contribution in [1.82, 2.24) is 5.32 Å². The van der Waals surface area contributed by atoms with Crippen molar-refractivity contribution < 1.29 is 24.2 Å². The van der Waals surface area contributed by atoms with Crippen molar-refractivity contribution in [1.29, 1.82) is 0 Å². The number of aryl methyl sites for hydroxylation is 2. The summed E-state index contributed by atoms with van der Waals surface area (Å²) >= 11 is 0.